The van der Waals surface area contributed by atoms with E-state index in [4.69, 9.17) is 8.22 Å². The maximum atomic E-state index is 10.0. The van der Waals surface area contributed by atoms with Crippen LogP contribution in [0.25, 0.3) is 109 Å². The summed E-state index contributed by atoms with van der Waals surface area (Å²) < 4.78 is 135. The summed E-state index contributed by atoms with van der Waals surface area (Å²) in [5, 5.41) is 1.29. The molecule has 2 nitrogen and oxygen atoms in total. The van der Waals surface area contributed by atoms with Crippen LogP contribution in [0.5, 0.6) is 0 Å². The second-order valence-corrected chi connectivity index (χ2v) is 14.9. The molecular weight excluding hydrogens is 709 g/mol. The molecule has 266 valence electrons. The molecule has 9 aromatic carbocycles. The Morgan fingerprint density at radius 1 is 0.368 bits per heavy atom. The van der Waals surface area contributed by atoms with Crippen LogP contribution in [-0.2, 0) is 0 Å². The Balaban J connectivity index is 1.21. The lowest BCUT2D eigenvalue weighted by Crippen LogP contribution is -1.95. The number of para-hydroxylation sites is 3. The van der Waals surface area contributed by atoms with Crippen LogP contribution in [0.2, 0.25) is 0 Å². The number of thiophene rings is 1. The maximum absolute atomic E-state index is 10.0. The number of nitrogens with zero attached hydrogens (tertiary/aromatic N) is 2. The highest BCUT2D eigenvalue weighted by Gasteiger charge is 2.19. The largest absolute Gasteiger partial charge is 0.309 e. The van der Waals surface area contributed by atoms with Crippen molar-refractivity contribution in [2.45, 2.75) is 0 Å². The lowest BCUT2D eigenvalue weighted by atomic mass is 9.98. The van der Waals surface area contributed by atoms with Gasteiger partial charge in [0, 0.05) is 58.7 Å². The second-order valence-electron chi connectivity index (χ2n) is 13.8. The molecule has 0 bridgehead atoms. The predicted octanol–water partition coefficient (Wildman–Crippen LogP) is 15.2. The summed E-state index contributed by atoms with van der Waals surface area (Å²) >= 11 is 1.60. The molecule has 0 N–H and O–H groups in total. The molecule has 0 unspecified atom stereocenters. The number of hydrogen-bond donors (Lipinski definition) is 0. The summed E-state index contributed by atoms with van der Waals surface area (Å²) in [5.41, 5.74) is 3.45. The summed E-state index contributed by atoms with van der Waals surface area (Å²) in [7, 11) is 0. The van der Waals surface area contributed by atoms with Gasteiger partial charge in [-0.25, -0.2) is 0 Å². The van der Waals surface area contributed by atoms with E-state index < -0.39 is 95.7 Å². The molecule has 0 spiro atoms. The van der Waals surface area contributed by atoms with E-state index in [2.05, 4.69) is 0 Å². The SMILES string of the molecule is [2H]c1c([2H])c([2H])c2c(c1[2H])c1c([2H])c(-c3c([2H])c([2H])c4c(c3[2H])c3c([2H])c([2H])c([2H])c([2H])c3n4-c3cc(-c4ccc(-c5ccccc5)cc4)c4sc5ccccc5c4c3)c([2H])c([2H])c1n2-c1ccccc1. The summed E-state index contributed by atoms with van der Waals surface area (Å²) in [5.74, 6) is 0. The third-order valence-corrected chi connectivity index (χ3v) is 11.8. The van der Waals surface area contributed by atoms with Crippen molar-refractivity contribution in [1.29, 1.82) is 0 Å². The minimum Gasteiger partial charge on any atom is -0.309 e. The number of benzene rings is 9. The first-order valence-corrected chi connectivity index (χ1v) is 19.2. The summed E-state index contributed by atoms with van der Waals surface area (Å²) in [6.45, 7) is 0. The van der Waals surface area contributed by atoms with E-state index >= 15 is 0 Å². The van der Waals surface area contributed by atoms with Crippen LogP contribution in [0.15, 0.2) is 206 Å². The normalized spacial score (nSPS) is 15.3. The number of rotatable bonds is 5. The molecule has 57 heavy (non-hydrogen) atoms. The van der Waals surface area contributed by atoms with Crippen molar-refractivity contribution in [2.24, 2.45) is 0 Å². The molecule has 0 aliphatic heterocycles. The van der Waals surface area contributed by atoms with E-state index in [1.165, 1.54) is 9.13 Å². The predicted molar refractivity (Wildman–Crippen MR) is 244 cm³/mol. The number of fused-ring (bicyclic) bond motifs is 9. The van der Waals surface area contributed by atoms with Gasteiger partial charge in [0.15, 0.2) is 0 Å². The lowest BCUT2D eigenvalue weighted by molar-refractivity contribution is 1.18. The van der Waals surface area contributed by atoms with Crippen LogP contribution < -0.4 is 0 Å². The monoisotopic (exact) mass is 756 g/mol. The van der Waals surface area contributed by atoms with Gasteiger partial charge in [0.2, 0.25) is 0 Å². The van der Waals surface area contributed by atoms with Crippen LogP contribution in [-0.4, -0.2) is 9.13 Å². The quantitative estimate of drug-likeness (QED) is 0.165. The second kappa shape index (κ2) is 12.7. The van der Waals surface area contributed by atoms with E-state index in [0.717, 1.165) is 42.4 Å². The van der Waals surface area contributed by atoms with Gasteiger partial charge in [0.1, 0.15) is 0 Å². The molecule has 12 rings (SSSR count). The fraction of sp³-hybridized carbons (Fsp3) is 0. The first-order valence-electron chi connectivity index (χ1n) is 25.4. The Bertz CT molecular complexity index is 4310. The van der Waals surface area contributed by atoms with Crippen LogP contribution in [0, 0.1) is 0 Å². The van der Waals surface area contributed by atoms with Crippen molar-refractivity contribution in [3.8, 4) is 44.8 Å². The third kappa shape index (κ3) is 5.03. The van der Waals surface area contributed by atoms with Gasteiger partial charge in [-0.2, -0.15) is 0 Å². The maximum Gasteiger partial charge on any atom is 0.0645 e. The average Bonchev–Trinajstić information content (AvgIpc) is 4.08. The molecule has 0 saturated carbocycles. The number of hydrogen-bond acceptors (Lipinski definition) is 1. The molecule has 0 aliphatic rings. The molecule has 3 aromatic heterocycles. The molecule has 3 heteroatoms. The van der Waals surface area contributed by atoms with Crippen LogP contribution in [0.1, 0.15) is 19.2 Å². The summed E-state index contributed by atoms with van der Waals surface area (Å²) in [4.78, 5) is 0. The average molecular weight is 757 g/mol. The minimum atomic E-state index is -0.616. The van der Waals surface area contributed by atoms with E-state index in [1.807, 2.05) is 91.0 Å². The summed E-state index contributed by atoms with van der Waals surface area (Å²) in [6.07, 6.45) is 0. The van der Waals surface area contributed by atoms with Crippen molar-refractivity contribution in [3.05, 3.63) is 206 Å². The van der Waals surface area contributed by atoms with Crippen molar-refractivity contribution in [3.63, 3.8) is 0 Å². The van der Waals surface area contributed by atoms with Gasteiger partial charge in [0.05, 0.1) is 41.3 Å². The van der Waals surface area contributed by atoms with Crippen LogP contribution in [0.3, 0.4) is 0 Å². The number of aromatic nitrogens is 2. The Morgan fingerprint density at radius 3 is 1.56 bits per heavy atom. The van der Waals surface area contributed by atoms with E-state index in [9.17, 15) is 11.0 Å². The minimum absolute atomic E-state index is 0.0366. The van der Waals surface area contributed by atoms with Gasteiger partial charge in [-0.3, -0.25) is 0 Å². The smallest absolute Gasteiger partial charge is 0.0645 e. The molecule has 0 radical (unpaired) electrons. The molecule has 0 amide bonds. The third-order valence-electron chi connectivity index (χ3n) is 10.6. The van der Waals surface area contributed by atoms with Crippen molar-refractivity contribution < 1.29 is 19.2 Å². The Labute approximate surface area is 353 Å². The van der Waals surface area contributed by atoms with Crippen molar-refractivity contribution >= 4 is 75.1 Å². The molecule has 3 heterocycles. The zero-order chi connectivity index (χ0) is 49.6. The van der Waals surface area contributed by atoms with Gasteiger partial charge in [-0.15, -0.1) is 11.3 Å². The fourth-order valence-corrected chi connectivity index (χ4v) is 9.22. The van der Waals surface area contributed by atoms with Crippen molar-refractivity contribution in [1.82, 2.24) is 9.13 Å². The van der Waals surface area contributed by atoms with E-state index in [-0.39, 0.29) is 43.6 Å². The van der Waals surface area contributed by atoms with Gasteiger partial charge >= 0.3 is 0 Å². The first-order chi connectivity index (χ1) is 34.1. The molecule has 0 aliphatic carbocycles. The Hall–Kier alpha value is -7.20. The molecule has 0 saturated heterocycles. The zero-order valence-corrected chi connectivity index (χ0v) is 30.7. The molecule has 12 aromatic rings. The Morgan fingerprint density at radius 2 is 0.895 bits per heavy atom. The van der Waals surface area contributed by atoms with Crippen LogP contribution in [0.4, 0.5) is 0 Å². The van der Waals surface area contributed by atoms with Gasteiger partial charge in [-0.05, 0) is 94.4 Å². The van der Waals surface area contributed by atoms with E-state index in [0.29, 0.717) is 11.4 Å². The highest BCUT2D eigenvalue weighted by atomic mass is 32.1. The molecular formula is C54H34N2S. The van der Waals surface area contributed by atoms with Crippen molar-refractivity contribution in [2.75, 3.05) is 0 Å². The zero-order valence-electron chi connectivity index (χ0n) is 43.8. The first kappa shape index (κ1) is 21.2. The summed E-state index contributed by atoms with van der Waals surface area (Å²) in [6, 6.07) is 30.8. The molecule has 0 fully saturated rings. The van der Waals surface area contributed by atoms with Gasteiger partial charge in [0.25, 0.3) is 0 Å². The van der Waals surface area contributed by atoms with Gasteiger partial charge in [-0.1, -0.05) is 139 Å². The highest BCUT2D eigenvalue weighted by Crippen LogP contribution is 2.44. The standard InChI is InChI=1S/C54H34N2S/c1-3-13-35(14-4-1)36-23-25-37(26-24-36)45-33-41(34-48-44-19-9-12-22-53(44)57-54(45)48)56-50-21-11-8-18-43(50)47-32-39(28-30-52(47)56)38-27-29-51-46(31-38)42-17-7-10-20-49(42)55(51)40-15-5-2-6-16-40/h1-34H/i7D,8D,10D,11D,17D,18D,20D,21D,27D,28D,29D,30D,31D,32D. The lowest BCUT2D eigenvalue weighted by Gasteiger charge is -2.13. The molecule has 0 atom stereocenters. The highest BCUT2D eigenvalue weighted by molar-refractivity contribution is 7.26. The topological polar surface area (TPSA) is 9.86 Å². The Kier molecular flexibility index (Phi) is 4.71. The van der Waals surface area contributed by atoms with Crippen LogP contribution >= 0.6 is 11.3 Å². The fourth-order valence-electron chi connectivity index (χ4n) is 8.00. The van der Waals surface area contributed by atoms with Gasteiger partial charge < -0.3 is 9.13 Å². The van der Waals surface area contributed by atoms with E-state index in [1.54, 1.807) is 41.7 Å².